The van der Waals surface area contributed by atoms with E-state index in [1.807, 2.05) is 24.3 Å². The molecule has 2 heteroatoms. The average Bonchev–Trinajstić information content (AvgIpc) is 2.60. The molecule has 1 saturated carbocycles. The molecule has 0 bridgehead atoms. The number of aryl methyl sites for hydroxylation is 1. The standard InChI is InChI=1S/C20H30O2/c1-4-16-12-14-17(15-13-16)19(21)22-20(5-2,6-3)18-10-8-7-9-11-18/h12-15,18H,4-11H2,1-3H3. The molecule has 122 valence electrons. The number of hydrogen-bond donors (Lipinski definition) is 0. The number of ether oxygens (including phenoxy) is 1. The van der Waals surface area contributed by atoms with E-state index >= 15 is 0 Å². The van der Waals surface area contributed by atoms with Crippen LogP contribution in [0.15, 0.2) is 24.3 Å². The second-order valence-corrected chi connectivity index (χ2v) is 6.55. The summed E-state index contributed by atoms with van der Waals surface area (Å²) >= 11 is 0. The molecular weight excluding hydrogens is 272 g/mol. The summed E-state index contributed by atoms with van der Waals surface area (Å²) in [6, 6.07) is 7.85. The second kappa shape index (κ2) is 7.80. The molecule has 0 atom stereocenters. The Labute approximate surface area is 135 Å². The Morgan fingerprint density at radius 3 is 2.14 bits per heavy atom. The molecule has 0 heterocycles. The van der Waals surface area contributed by atoms with Crippen molar-refractivity contribution in [3.05, 3.63) is 35.4 Å². The number of esters is 1. The molecular formula is C20H30O2. The zero-order chi connectivity index (χ0) is 16.0. The van der Waals surface area contributed by atoms with Crippen LogP contribution < -0.4 is 0 Å². The molecule has 0 N–H and O–H groups in total. The smallest absolute Gasteiger partial charge is 0.338 e. The lowest BCUT2D eigenvalue weighted by Crippen LogP contribution is -2.42. The van der Waals surface area contributed by atoms with Crippen LogP contribution in [0, 0.1) is 5.92 Å². The molecule has 22 heavy (non-hydrogen) atoms. The molecule has 0 amide bonds. The second-order valence-electron chi connectivity index (χ2n) is 6.55. The Morgan fingerprint density at radius 1 is 1.05 bits per heavy atom. The van der Waals surface area contributed by atoms with Crippen LogP contribution in [0.25, 0.3) is 0 Å². The van der Waals surface area contributed by atoms with Gasteiger partial charge in [0.15, 0.2) is 0 Å². The van der Waals surface area contributed by atoms with Crippen molar-refractivity contribution in [2.45, 2.75) is 77.7 Å². The summed E-state index contributed by atoms with van der Waals surface area (Å²) < 4.78 is 6.10. The highest BCUT2D eigenvalue weighted by Gasteiger charge is 2.39. The zero-order valence-electron chi connectivity index (χ0n) is 14.4. The van der Waals surface area contributed by atoms with Crippen LogP contribution in [0.4, 0.5) is 0 Å². The SMILES string of the molecule is CCc1ccc(C(=O)OC(CC)(CC)C2CCCCC2)cc1. The molecule has 2 rings (SSSR count). The van der Waals surface area contributed by atoms with Crippen molar-refractivity contribution in [3.8, 4) is 0 Å². The summed E-state index contributed by atoms with van der Waals surface area (Å²) in [5.74, 6) is 0.368. The van der Waals surface area contributed by atoms with Crippen LogP contribution in [0.1, 0.15) is 81.6 Å². The first-order valence-corrected chi connectivity index (χ1v) is 8.97. The van der Waals surface area contributed by atoms with Gasteiger partial charge in [-0.05, 0) is 55.7 Å². The van der Waals surface area contributed by atoms with Gasteiger partial charge in [-0.3, -0.25) is 0 Å². The fourth-order valence-electron chi connectivity index (χ4n) is 3.80. The van der Waals surface area contributed by atoms with Gasteiger partial charge in [0.2, 0.25) is 0 Å². The summed E-state index contributed by atoms with van der Waals surface area (Å²) in [6.07, 6.45) is 9.08. The maximum atomic E-state index is 12.6. The third-order valence-electron chi connectivity index (χ3n) is 5.44. The minimum Gasteiger partial charge on any atom is -0.455 e. The van der Waals surface area contributed by atoms with E-state index < -0.39 is 0 Å². The molecule has 1 aliphatic carbocycles. The van der Waals surface area contributed by atoms with Crippen molar-refractivity contribution in [2.75, 3.05) is 0 Å². The van der Waals surface area contributed by atoms with Crippen LogP contribution in [-0.4, -0.2) is 11.6 Å². The van der Waals surface area contributed by atoms with Crippen LogP contribution in [-0.2, 0) is 11.2 Å². The van der Waals surface area contributed by atoms with Crippen LogP contribution in [0.3, 0.4) is 0 Å². The molecule has 0 saturated heterocycles. The molecule has 1 fully saturated rings. The van der Waals surface area contributed by atoms with E-state index in [1.165, 1.54) is 37.7 Å². The van der Waals surface area contributed by atoms with E-state index in [0.717, 1.165) is 19.3 Å². The molecule has 0 radical (unpaired) electrons. The number of hydrogen-bond acceptors (Lipinski definition) is 2. The molecule has 0 unspecified atom stereocenters. The third kappa shape index (κ3) is 3.71. The van der Waals surface area contributed by atoms with Crippen molar-refractivity contribution in [1.29, 1.82) is 0 Å². The minimum absolute atomic E-state index is 0.156. The van der Waals surface area contributed by atoms with E-state index in [4.69, 9.17) is 4.74 Å². The first kappa shape index (κ1) is 17.1. The first-order valence-electron chi connectivity index (χ1n) is 8.97. The number of carbonyl (C=O) groups excluding carboxylic acids is 1. The van der Waals surface area contributed by atoms with Gasteiger partial charge in [0.1, 0.15) is 5.60 Å². The number of rotatable bonds is 6. The van der Waals surface area contributed by atoms with E-state index in [0.29, 0.717) is 11.5 Å². The van der Waals surface area contributed by atoms with E-state index in [9.17, 15) is 4.79 Å². The maximum absolute atomic E-state index is 12.6. The van der Waals surface area contributed by atoms with Gasteiger partial charge in [-0.2, -0.15) is 0 Å². The van der Waals surface area contributed by atoms with E-state index in [-0.39, 0.29) is 11.6 Å². The predicted molar refractivity (Wildman–Crippen MR) is 91.1 cm³/mol. The van der Waals surface area contributed by atoms with E-state index in [1.54, 1.807) is 0 Å². The van der Waals surface area contributed by atoms with Gasteiger partial charge in [0, 0.05) is 0 Å². The number of benzene rings is 1. The molecule has 1 aromatic rings. The lowest BCUT2D eigenvalue weighted by Gasteiger charge is -2.41. The molecule has 0 aromatic heterocycles. The van der Waals surface area contributed by atoms with Crippen LogP contribution in [0.2, 0.25) is 0 Å². The first-order chi connectivity index (χ1) is 10.6. The summed E-state index contributed by atoms with van der Waals surface area (Å²) in [5.41, 5.74) is 1.65. The van der Waals surface area contributed by atoms with Gasteiger partial charge in [-0.25, -0.2) is 4.79 Å². The molecule has 0 spiro atoms. The Morgan fingerprint density at radius 2 is 1.64 bits per heavy atom. The van der Waals surface area contributed by atoms with Crippen LogP contribution >= 0.6 is 0 Å². The number of carbonyl (C=O) groups is 1. The van der Waals surface area contributed by atoms with Gasteiger partial charge in [-0.15, -0.1) is 0 Å². The Hall–Kier alpha value is -1.31. The van der Waals surface area contributed by atoms with Gasteiger partial charge in [0.25, 0.3) is 0 Å². The quantitative estimate of drug-likeness (QED) is 0.644. The molecule has 0 aliphatic heterocycles. The zero-order valence-corrected chi connectivity index (χ0v) is 14.4. The Bertz CT molecular complexity index is 465. The minimum atomic E-state index is -0.277. The van der Waals surface area contributed by atoms with Gasteiger partial charge >= 0.3 is 5.97 Å². The van der Waals surface area contributed by atoms with Crippen molar-refractivity contribution >= 4 is 5.97 Å². The van der Waals surface area contributed by atoms with Crippen molar-refractivity contribution in [3.63, 3.8) is 0 Å². The Balaban J connectivity index is 2.13. The maximum Gasteiger partial charge on any atom is 0.338 e. The van der Waals surface area contributed by atoms with Gasteiger partial charge < -0.3 is 4.74 Å². The summed E-state index contributed by atoms with van der Waals surface area (Å²) in [7, 11) is 0. The fraction of sp³-hybridized carbons (Fsp3) is 0.650. The largest absolute Gasteiger partial charge is 0.455 e. The highest BCUT2D eigenvalue weighted by molar-refractivity contribution is 5.89. The predicted octanol–water partition coefficient (Wildman–Crippen LogP) is 5.54. The van der Waals surface area contributed by atoms with Crippen molar-refractivity contribution < 1.29 is 9.53 Å². The Kier molecular flexibility index (Phi) is 6.05. The molecule has 2 nitrogen and oxygen atoms in total. The summed E-state index contributed by atoms with van der Waals surface area (Å²) in [4.78, 5) is 12.6. The lowest BCUT2D eigenvalue weighted by atomic mass is 9.74. The third-order valence-corrected chi connectivity index (χ3v) is 5.44. The van der Waals surface area contributed by atoms with Crippen molar-refractivity contribution in [1.82, 2.24) is 0 Å². The van der Waals surface area contributed by atoms with Gasteiger partial charge in [0.05, 0.1) is 5.56 Å². The topological polar surface area (TPSA) is 26.3 Å². The van der Waals surface area contributed by atoms with Gasteiger partial charge in [-0.1, -0.05) is 52.2 Å². The fourth-order valence-corrected chi connectivity index (χ4v) is 3.80. The highest BCUT2D eigenvalue weighted by atomic mass is 16.6. The summed E-state index contributed by atoms with van der Waals surface area (Å²) in [6.45, 7) is 6.44. The summed E-state index contributed by atoms with van der Waals surface area (Å²) in [5, 5.41) is 0. The van der Waals surface area contributed by atoms with Crippen molar-refractivity contribution in [2.24, 2.45) is 5.92 Å². The normalized spacial score (nSPS) is 16.5. The average molecular weight is 302 g/mol. The highest BCUT2D eigenvalue weighted by Crippen LogP contribution is 2.40. The lowest BCUT2D eigenvalue weighted by molar-refractivity contribution is -0.0657. The van der Waals surface area contributed by atoms with Crippen LogP contribution in [0.5, 0.6) is 0 Å². The van der Waals surface area contributed by atoms with E-state index in [2.05, 4.69) is 20.8 Å². The monoisotopic (exact) mass is 302 g/mol. The molecule has 1 aliphatic rings. The molecule has 1 aromatic carbocycles.